The van der Waals surface area contributed by atoms with Gasteiger partial charge in [0, 0.05) is 25.3 Å². The van der Waals surface area contributed by atoms with E-state index in [1.54, 1.807) is 21.3 Å². The largest absolute Gasteiger partial charge is 0.497 e. The third-order valence-corrected chi connectivity index (χ3v) is 2.29. The van der Waals surface area contributed by atoms with Crippen LogP contribution in [0.15, 0.2) is 18.2 Å². The maximum atomic E-state index is 5.60. The van der Waals surface area contributed by atoms with Crippen molar-refractivity contribution in [1.29, 1.82) is 0 Å². The first-order chi connectivity index (χ1) is 7.26. The van der Waals surface area contributed by atoms with E-state index in [-0.39, 0.29) is 6.10 Å². The van der Waals surface area contributed by atoms with Gasteiger partial charge in [0.15, 0.2) is 0 Å². The van der Waals surface area contributed by atoms with Gasteiger partial charge in [-0.15, -0.1) is 0 Å². The lowest BCUT2D eigenvalue weighted by Gasteiger charge is -2.17. The Morgan fingerprint density at radius 2 is 1.93 bits per heavy atom. The Kier molecular flexibility index (Phi) is 4.39. The van der Waals surface area contributed by atoms with E-state index < -0.39 is 0 Å². The number of methoxy groups -OCH3 is 3. The minimum Gasteiger partial charge on any atom is -0.497 e. The number of benzene rings is 1. The minimum absolute atomic E-state index is 0.147. The Morgan fingerprint density at radius 3 is 2.40 bits per heavy atom. The molecule has 0 saturated heterocycles. The SMILES string of the molecule is COc1ccc([C@H](CN)OC)c(OC)c1. The first-order valence-electron chi connectivity index (χ1n) is 4.71. The molecule has 0 saturated carbocycles. The predicted molar refractivity (Wildman–Crippen MR) is 58.4 cm³/mol. The van der Waals surface area contributed by atoms with E-state index in [0.717, 1.165) is 17.1 Å². The third kappa shape index (κ3) is 2.61. The van der Waals surface area contributed by atoms with Gasteiger partial charge in [-0.25, -0.2) is 0 Å². The second kappa shape index (κ2) is 5.58. The topological polar surface area (TPSA) is 53.7 Å². The maximum absolute atomic E-state index is 5.60. The molecule has 1 atom stereocenters. The monoisotopic (exact) mass is 211 g/mol. The molecule has 4 nitrogen and oxygen atoms in total. The van der Waals surface area contributed by atoms with Crippen LogP contribution in [0.1, 0.15) is 11.7 Å². The Hall–Kier alpha value is -1.26. The van der Waals surface area contributed by atoms with Gasteiger partial charge in [0.1, 0.15) is 11.5 Å². The first kappa shape index (κ1) is 11.8. The van der Waals surface area contributed by atoms with Crippen molar-refractivity contribution < 1.29 is 14.2 Å². The van der Waals surface area contributed by atoms with Crippen molar-refractivity contribution in [3.63, 3.8) is 0 Å². The van der Waals surface area contributed by atoms with Crippen LogP contribution in [0.4, 0.5) is 0 Å². The summed E-state index contributed by atoms with van der Waals surface area (Å²) in [5.41, 5.74) is 6.53. The van der Waals surface area contributed by atoms with Crippen LogP contribution in [0, 0.1) is 0 Å². The summed E-state index contributed by atoms with van der Waals surface area (Å²) in [6.45, 7) is 0.416. The van der Waals surface area contributed by atoms with Crippen molar-refractivity contribution in [2.45, 2.75) is 6.10 Å². The standard InChI is InChI=1S/C11H17NO3/c1-13-8-4-5-9(10(6-8)14-2)11(7-12)15-3/h4-6,11H,7,12H2,1-3H3/t11-/m0/s1. The van der Waals surface area contributed by atoms with Gasteiger partial charge in [0.05, 0.1) is 20.3 Å². The Balaban J connectivity index is 3.06. The van der Waals surface area contributed by atoms with E-state index in [1.165, 1.54) is 0 Å². The molecule has 0 aliphatic rings. The van der Waals surface area contributed by atoms with Crippen molar-refractivity contribution in [1.82, 2.24) is 0 Å². The quantitative estimate of drug-likeness (QED) is 0.798. The molecule has 0 fully saturated rings. The summed E-state index contributed by atoms with van der Waals surface area (Å²) >= 11 is 0. The lowest BCUT2D eigenvalue weighted by molar-refractivity contribution is 0.108. The van der Waals surface area contributed by atoms with E-state index >= 15 is 0 Å². The van der Waals surface area contributed by atoms with Gasteiger partial charge in [-0.2, -0.15) is 0 Å². The molecule has 15 heavy (non-hydrogen) atoms. The summed E-state index contributed by atoms with van der Waals surface area (Å²) in [5.74, 6) is 1.48. The lowest BCUT2D eigenvalue weighted by atomic mass is 10.1. The number of ether oxygens (including phenoxy) is 3. The van der Waals surface area contributed by atoms with E-state index in [1.807, 2.05) is 18.2 Å². The summed E-state index contributed by atoms with van der Waals surface area (Å²) in [5, 5.41) is 0. The summed E-state index contributed by atoms with van der Waals surface area (Å²) in [7, 11) is 4.86. The van der Waals surface area contributed by atoms with Crippen LogP contribution >= 0.6 is 0 Å². The average molecular weight is 211 g/mol. The van der Waals surface area contributed by atoms with Gasteiger partial charge >= 0.3 is 0 Å². The molecule has 1 aromatic rings. The van der Waals surface area contributed by atoms with Crippen LogP contribution in [0.3, 0.4) is 0 Å². The summed E-state index contributed by atoms with van der Waals surface area (Å²) in [6, 6.07) is 5.58. The van der Waals surface area contributed by atoms with Crippen LogP contribution in [-0.4, -0.2) is 27.9 Å². The van der Waals surface area contributed by atoms with Gasteiger partial charge in [0.25, 0.3) is 0 Å². The van der Waals surface area contributed by atoms with E-state index in [2.05, 4.69) is 0 Å². The summed E-state index contributed by atoms with van der Waals surface area (Å²) in [6.07, 6.45) is -0.147. The highest BCUT2D eigenvalue weighted by Gasteiger charge is 2.14. The molecule has 0 aromatic heterocycles. The molecule has 1 aromatic carbocycles. The Bertz CT molecular complexity index is 311. The summed E-state index contributed by atoms with van der Waals surface area (Å²) in [4.78, 5) is 0. The molecule has 0 aliphatic heterocycles. The molecule has 0 unspecified atom stereocenters. The fourth-order valence-corrected chi connectivity index (χ4v) is 1.43. The van der Waals surface area contributed by atoms with Gasteiger partial charge in [-0.05, 0) is 12.1 Å². The van der Waals surface area contributed by atoms with E-state index in [4.69, 9.17) is 19.9 Å². The van der Waals surface area contributed by atoms with Gasteiger partial charge in [-0.1, -0.05) is 0 Å². The second-order valence-corrected chi connectivity index (χ2v) is 3.07. The molecule has 0 heterocycles. The number of hydrogen-bond donors (Lipinski definition) is 1. The molecule has 1 rings (SSSR count). The average Bonchev–Trinajstić information content (AvgIpc) is 2.31. The number of nitrogens with two attached hydrogens (primary N) is 1. The molecule has 84 valence electrons. The molecule has 2 N–H and O–H groups in total. The molecular formula is C11H17NO3. The Morgan fingerprint density at radius 1 is 1.20 bits per heavy atom. The van der Waals surface area contributed by atoms with Gasteiger partial charge in [0.2, 0.25) is 0 Å². The normalized spacial score (nSPS) is 12.3. The summed E-state index contributed by atoms with van der Waals surface area (Å²) < 4.78 is 15.6. The molecule has 0 amide bonds. The van der Waals surface area contributed by atoms with Crippen LogP contribution in [0.2, 0.25) is 0 Å². The number of hydrogen-bond acceptors (Lipinski definition) is 4. The first-order valence-corrected chi connectivity index (χ1v) is 4.71. The zero-order chi connectivity index (χ0) is 11.3. The fourth-order valence-electron chi connectivity index (χ4n) is 1.43. The Labute approximate surface area is 89.9 Å². The van der Waals surface area contributed by atoms with Gasteiger partial charge in [-0.3, -0.25) is 0 Å². The molecule has 0 radical (unpaired) electrons. The van der Waals surface area contributed by atoms with Gasteiger partial charge < -0.3 is 19.9 Å². The van der Waals surface area contributed by atoms with Crippen molar-refractivity contribution in [2.24, 2.45) is 5.73 Å². The second-order valence-electron chi connectivity index (χ2n) is 3.07. The van der Waals surface area contributed by atoms with Crippen LogP contribution < -0.4 is 15.2 Å². The third-order valence-electron chi connectivity index (χ3n) is 2.29. The minimum atomic E-state index is -0.147. The van der Waals surface area contributed by atoms with Crippen LogP contribution in [-0.2, 0) is 4.74 Å². The molecule has 0 spiro atoms. The predicted octanol–water partition coefficient (Wildman–Crippen LogP) is 1.35. The van der Waals surface area contributed by atoms with Crippen molar-refractivity contribution in [3.05, 3.63) is 23.8 Å². The lowest BCUT2D eigenvalue weighted by Crippen LogP contribution is -2.15. The smallest absolute Gasteiger partial charge is 0.128 e. The zero-order valence-corrected chi connectivity index (χ0v) is 9.32. The maximum Gasteiger partial charge on any atom is 0.128 e. The highest BCUT2D eigenvalue weighted by Crippen LogP contribution is 2.30. The van der Waals surface area contributed by atoms with Crippen molar-refractivity contribution >= 4 is 0 Å². The van der Waals surface area contributed by atoms with Crippen molar-refractivity contribution in [3.8, 4) is 11.5 Å². The molecular weight excluding hydrogens is 194 g/mol. The van der Waals surface area contributed by atoms with E-state index in [0.29, 0.717) is 6.54 Å². The van der Waals surface area contributed by atoms with Crippen LogP contribution in [0.5, 0.6) is 11.5 Å². The highest BCUT2D eigenvalue weighted by atomic mass is 16.5. The number of rotatable bonds is 5. The van der Waals surface area contributed by atoms with Crippen molar-refractivity contribution in [2.75, 3.05) is 27.9 Å². The zero-order valence-electron chi connectivity index (χ0n) is 9.32. The highest BCUT2D eigenvalue weighted by molar-refractivity contribution is 5.42. The van der Waals surface area contributed by atoms with Crippen LogP contribution in [0.25, 0.3) is 0 Å². The van der Waals surface area contributed by atoms with E-state index in [9.17, 15) is 0 Å². The fraction of sp³-hybridized carbons (Fsp3) is 0.455. The molecule has 0 bridgehead atoms. The molecule has 4 heteroatoms. The molecule has 0 aliphatic carbocycles.